The molecule has 0 saturated carbocycles. The predicted octanol–water partition coefficient (Wildman–Crippen LogP) is 0.834. The number of carbonyl (C=O) groups is 1. The Hall–Kier alpha value is -0.650. The fourth-order valence-corrected chi connectivity index (χ4v) is 1.24. The summed E-state index contributed by atoms with van der Waals surface area (Å²) >= 11 is 0. The smallest absolute Gasteiger partial charge is 0.263 e. The van der Waals surface area contributed by atoms with E-state index in [0.29, 0.717) is 13.2 Å². The van der Waals surface area contributed by atoms with E-state index in [-0.39, 0.29) is 11.8 Å². The van der Waals surface area contributed by atoms with E-state index in [2.05, 4.69) is 12.3 Å². The summed E-state index contributed by atoms with van der Waals surface area (Å²) in [6.07, 6.45) is 1.67. The highest BCUT2D eigenvalue weighted by atomic mass is 16.5. The van der Waals surface area contributed by atoms with Gasteiger partial charge in [0.25, 0.3) is 5.91 Å². The van der Waals surface area contributed by atoms with Crippen molar-refractivity contribution in [3.8, 4) is 0 Å². The molecule has 0 aliphatic rings. The van der Waals surface area contributed by atoms with Crippen LogP contribution in [-0.4, -0.2) is 31.8 Å². The highest BCUT2D eigenvalue weighted by molar-refractivity contribution is 5.80. The molecule has 0 fully saturated rings. The van der Waals surface area contributed by atoms with Gasteiger partial charge in [-0.05, 0) is 12.3 Å². The zero-order valence-electron chi connectivity index (χ0n) is 10.5. The summed E-state index contributed by atoms with van der Waals surface area (Å²) in [5.74, 6) is 4.88. The Kier molecular flexibility index (Phi) is 9.18. The first-order valence-corrected chi connectivity index (χ1v) is 5.83. The molecule has 0 radical (unpaired) electrons. The van der Waals surface area contributed by atoms with Crippen LogP contribution in [0, 0.1) is 5.92 Å². The molecule has 0 aliphatic heterocycles. The van der Waals surface area contributed by atoms with Crippen LogP contribution in [0.1, 0.15) is 33.6 Å². The van der Waals surface area contributed by atoms with Crippen LogP contribution in [0.2, 0.25) is 0 Å². The van der Waals surface area contributed by atoms with Crippen LogP contribution in [0.15, 0.2) is 0 Å². The van der Waals surface area contributed by atoms with E-state index in [1.54, 1.807) is 0 Å². The zero-order chi connectivity index (χ0) is 12.4. The molecule has 0 saturated heterocycles. The molecule has 0 heterocycles. The van der Waals surface area contributed by atoms with Gasteiger partial charge in [0.2, 0.25) is 0 Å². The minimum atomic E-state index is -0.500. The van der Waals surface area contributed by atoms with Crippen molar-refractivity contribution in [1.29, 1.82) is 0 Å². The SMILES string of the molecule is CCCCOCCOC(C(=O)NN)C(C)C. The van der Waals surface area contributed by atoms with Crippen molar-refractivity contribution in [3.05, 3.63) is 0 Å². The summed E-state index contributed by atoms with van der Waals surface area (Å²) in [6, 6.07) is 0. The number of carbonyl (C=O) groups excluding carboxylic acids is 1. The Morgan fingerprint density at radius 1 is 1.31 bits per heavy atom. The van der Waals surface area contributed by atoms with Gasteiger partial charge in [0.1, 0.15) is 6.10 Å². The summed E-state index contributed by atoms with van der Waals surface area (Å²) in [5, 5.41) is 0. The third kappa shape index (κ3) is 6.76. The lowest BCUT2D eigenvalue weighted by Gasteiger charge is -2.19. The van der Waals surface area contributed by atoms with Gasteiger partial charge in [-0.2, -0.15) is 0 Å². The van der Waals surface area contributed by atoms with Gasteiger partial charge in [-0.3, -0.25) is 10.2 Å². The molecular formula is C11H24N2O3. The first kappa shape index (κ1) is 15.3. The van der Waals surface area contributed by atoms with Crippen molar-refractivity contribution >= 4 is 5.91 Å². The fourth-order valence-electron chi connectivity index (χ4n) is 1.24. The molecule has 16 heavy (non-hydrogen) atoms. The predicted molar refractivity (Wildman–Crippen MR) is 62.6 cm³/mol. The number of hydrogen-bond donors (Lipinski definition) is 2. The van der Waals surface area contributed by atoms with Gasteiger partial charge in [0.15, 0.2) is 0 Å². The maximum Gasteiger partial charge on any atom is 0.263 e. The van der Waals surface area contributed by atoms with Crippen LogP contribution in [0.5, 0.6) is 0 Å². The third-order valence-electron chi connectivity index (χ3n) is 2.17. The number of amides is 1. The monoisotopic (exact) mass is 232 g/mol. The van der Waals surface area contributed by atoms with Gasteiger partial charge in [0.05, 0.1) is 13.2 Å². The lowest BCUT2D eigenvalue weighted by Crippen LogP contribution is -2.43. The van der Waals surface area contributed by atoms with Crippen LogP contribution >= 0.6 is 0 Å². The van der Waals surface area contributed by atoms with E-state index >= 15 is 0 Å². The summed E-state index contributed by atoms with van der Waals surface area (Å²) in [4.78, 5) is 11.3. The van der Waals surface area contributed by atoms with Gasteiger partial charge in [-0.1, -0.05) is 27.2 Å². The number of nitrogens with one attached hydrogen (secondary N) is 1. The topological polar surface area (TPSA) is 73.6 Å². The molecule has 0 aromatic heterocycles. The van der Waals surface area contributed by atoms with Gasteiger partial charge in [0, 0.05) is 6.61 Å². The molecule has 1 unspecified atom stereocenters. The standard InChI is InChI=1S/C11H24N2O3/c1-4-5-6-15-7-8-16-10(9(2)3)11(14)13-12/h9-10H,4-8,12H2,1-3H3,(H,13,14). The molecule has 5 heteroatoms. The van der Waals surface area contributed by atoms with E-state index in [1.165, 1.54) is 0 Å². The number of nitrogens with two attached hydrogens (primary N) is 1. The van der Waals surface area contributed by atoms with Crippen LogP contribution in [0.3, 0.4) is 0 Å². The van der Waals surface area contributed by atoms with E-state index in [0.717, 1.165) is 19.4 Å². The molecule has 0 aromatic rings. The second kappa shape index (κ2) is 9.57. The second-order valence-electron chi connectivity index (χ2n) is 4.01. The number of hydrogen-bond acceptors (Lipinski definition) is 4. The molecule has 0 aromatic carbocycles. The minimum absolute atomic E-state index is 0.0965. The molecular weight excluding hydrogens is 208 g/mol. The summed E-state index contributed by atoms with van der Waals surface area (Å²) in [6.45, 7) is 7.62. The minimum Gasteiger partial charge on any atom is -0.379 e. The third-order valence-corrected chi connectivity index (χ3v) is 2.17. The largest absolute Gasteiger partial charge is 0.379 e. The Bertz CT molecular complexity index is 186. The van der Waals surface area contributed by atoms with E-state index in [9.17, 15) is 4.79 Å². The number of rotatable bonds is 9. The van der Waals surface area contributed by atoms with Crippen molar-refractivity contribution in [2.24, 2.45) is 11.8 Å². The molecule has 96 valence electrons. The normalized spacial score (nSPS) is 12.8. The average molecular weight is 232 g/mol. The average Bonchev–Trinajstić information content (AvgIpc) is 2.26. The van der Waals surface area contributed by atoms with Crippen molar-refractivity contribution in [3.63, 3.8) is 0 Å². The summed E-state index contributed by atoms with van der Waals surface area (Å²) < 4.78 is 10.7. The summed E-state index contributed by atoms with van der Waals surface area (Å²) in [7, 11) is 0. The van der Waals surface area contributed by atoms with Crippen molar-refractivity contribution in [2.75, 3.05) is 19.8 Å². The first-order valence-electron chi connectivity index (χ1n) is 5.83. The highest BCUT2D eigenvalue weighted by Gasteiger charge is 2.21. The molecule has 1 atom stereocenters. The van der Waals surface area contributed by atoms with Gasteiger partial charge in [-0.25, -0.2) is 5.84 Å². The maximum atomic E-state index is 11.3. The molecule has 0 spiro atoms. The number of hydrazine groups is 1. The Morgan fingerprint density at radius 2 is 2.00 bits per heavy atom. The van der Waals surface area contributed by atoms with E-state index in [4.69, 9.17) is 15.3 Å². The number of ether oxygens (including phenoxy) is 2. The molecule has 0 rings (SSSR count). The van der Waals surface area contributed by atoms with Gasteiger partial charge < -0.3 is 9.47 Å². The van der Waals surface area contributed by atoms with Crippen molar-refractivity contribution in [1.82, 2.24) is 5.43 Å². The summed E-state index contributed by atoms with van der Waals surface area (Å²) in [5.41, 5.74) is 2.10. The Balaban J connectivity index is 3.65. The molecule has 0 bridgehead atoms. The molecule has 1 amide bonds. The molecule has 3 N–H and O–H groups in total. The van der Waals surface area contributed by atoms with E-state index in [1.807, 2.05) is 13.8 Å². The van der Waals surface area contributed by atoms with Gasteiger partial charge in [-0.15, -0.1) is 0 Å². The maximum absolute atomic E-state index is 11.3. The van der Waals surface area contributed by atoms with Gasteiger partial charge >= 0.3 is 0 Å². The van der Waals surface area contributed by atoms with Crippen molar-refractivity contribution in [2.45, 2.75) is 39.7 Å². The highest BCUT2D eigenvalue weighted by Crippen LogP contribution is 2.06. The van der Waals surface area contributed by atoms with Crippen LogP contribution in [0.25, 0.3) is 0 Å². The van der Waals surface area contributed by atoms with Crippen LogP contribution in [-0.2, 0) is 14.3 Å². The Labute approximate surface area is 97.6 Å². The van der Waals surface area contributed by atoms with Crippen LogP contribution in [0.4, 0.5) is 0 Å². The molecule has 5 nitrogen and oxygen atoms in total. The lowest BCUT2D eigenvalue weighted by atomic mass is 10.1. The van der Waals surface area contributed by atoms with Crippen LogP contribution < -0.4 is 11.3 Å². The zero-order valence-corrected chi connectivity index (χ0v) is 10.5. The molecule has 0 aliphatic carbocycles. The van der Waals surface area contributed by atoms with Crippen molar-refractivity contribution < 1.29 is 14.3 Å². The fraction of sp³-hybridized carbons (Fsp3) is 0.909. The second-order valence-corrected chi connectivity index (χ2v) is 4.01. The first-order chi connectivity index (χ1) is 7.63. The quantitative estimate of drug-likeness (QED) is 0.267. The van der Waals surface area contributed by atoms with E-state index < -0.39 is 6.10 Å². The lowest BCUT2D eigenvalue weighted by molar-refractivity contribution is -0.137. The number of unbranched alkanes of at least 4 members (excludes halogenated alkanes) is 1. The Morgan fingerprint density at radius 3 is 2.50 bits per heavy atom.